The molecule has 2 rings (SSSR count). The van der Waals surface area contributed by atoms with Gasteiger partial charge in [-0.3, -0.25) is 14.9 Å². The van der Waals surface area contributed by atoms with Crippen LogP contribution in [0.25, 0.3) is 0 Å². The number of carbonyl (C=O) groups excluding carboxylic acids is 2. The number of carbonyl (C=O) groups is 2. The van der Waals surface area contributed by atoms with Crippen LogP contribution in [-0.2, 0) is 9.53 Å². The molecule has 32 heavy (non-hydrogen) atoms. The maximum atomic E-state index is 12.4. The van der Waals surface area contributed by atoms with Gasteiger partial charge in [-0.2, -0.15) is 5.10 Å². The van der Waals surface area contributed by atoms with Crippen LogP contribution in [0.2, 0.25) is 0 Å². The molecule has 0 spiro atoms. The van der Waals surface area contributed by atoms with Crippen molar-refractivity contribution in [3.05, 3.63) is 63.7 Å². The van der Waals surface area contributed by atoms with E-state index in [4.69, 9.17) is 14.2 Å². The van der Waals surface area contributed by atoms with Crippen LogP contribution in [0.15, 0.2) is 47.6 Å². The summed E-state index contributed by atoms with van der Waals surface area (Å²) in [4.78, 5) is 35.0. The molecule has 170 valence electrons. The third-order valence-corrected chi connectivity index (χ3v) is 4.28. The molecule has 2 amide bonds. The number of nitro benzene ring substituents is 1. The fourth-order valence-electron chi connectivity index (χ4n) is 2.80. The number of amides is 2. The Morgan fingerprint density at radius 2 is 1.81 bits per heavy atom. The van der Waals surface area contributed by atoms with Crippen molar-refractivity contribution in [1.29, 1.82) is 0 Å². The molecule has 0 aromatic heterocycles. The fourth-order valence-corrected chi connectivity index (χ4v) is 2.80. The quantitative estimate of drug-likeness (QED) is 0.326. The second-order valence-corrected chi connectivity index (χ2v) is 6.35. The Balaban J connectivity index is 2.14. The van der Waals surface area contributed by atoms with Crippen molar-refractivity contribution in [2.75, 3.05) is 20.8 Å². The van der Waals surface area contributed by atoms with Crippen LogP contribution in [0.5, 0.6) is 11.5 Å². The van der Waals surface area contributed by atoms with Crippen molar-refractivity contribution < 1.29 is 28.7 Å². The molecule has 0 saturated carbocycles. The summed E-state index contributed by atoms with van der Waals surface area (Å²) in [5.74, 6) is -0.0557. The molecule has 0 saturated heterocycles. The van der Waals surface area contributed by atoms with Crippen LogP contribution in [0.3, 0.4) is 0 Å². The third-order valence-electron chi connectivity index (χ3n) is 4.28. The summed E-state index contributed by atoms with van der Waals surface area (Å²) in [5.41, 5.74) is 2.85. The molecule has 0 aliphatic carbocycles. The lowest BCUT2D eigenvalue weighted by Gasteiger charge is -2.18. The molecule has 1 atom stereocenters. The van der Waals surface area contributed by atoms with Crippen LogP contribution in [0.4, 0.5) is 10.5 Å². The Bertz CT molecular complexity index is 980. The minimum Gasteiger partial charge on any atom is -0.493 e. The first-order chi connectivity index (χ1) is 15.4. The van der Waals surface area contributed by atoms with Crippen molar-refractivity contribution >= 4 is 23.9 Å². The zero-order valence-corrected chi connectivity index (χ0v) is 17.9. The molecule has 0 unspecified atom stereocenters. The number of rotatable bonds is 10. The van der Waals surface area contributed by atoms with Gasteiger partial charge in [0.1, 0.15) is 0 Å². The molecule has 2 aromatic rings. The maximum Gasteiger partial charge on any atom is 0.407 e. The summed E-state index contributed by atoms with van der Waals surface area (Å²) in [6.07, 6.45) is 0.348. The monoisotopic (exact) mass is 444 g/mol. The number of hydrogen-bond acceptors (Lipinski definition) is 8. The lowest BCUT2D eigenvalue weighted by atomic mass is 10.0. The summed E-state index contributed by atoms with van der Waals surface area (Å²) >= 11 is 0. The fraction of sp³-hybridized carbons (Fsp3) is 0.286. The molecule has 0 bridgehead atoms. The highest BCUT2D eigenvalue weighted by Gasteiger charge is 2.20. The van der Waals surface area contributed by atoms with E-state index in [2.05, 4.69) is 15.8 Å². The second kappa shape index (κ2) is 11.9. The van der Waals surface area contributed by atoms with Crippen LogP contribution in [0.1, 0.15) is 30.5 Å². The SMILES string of the molecule is CCOC(=O)N[C@H](CC(=O)N/N=C\c1cc(OC)c(OC)cc1[N+](=O)[O-])c1ccccc1. The van der Waals surface area contributed by atoms with E-state index in [1.54, 1.807) is 31.2 Å². The van der Waals surface area contributed by atoms with E-state index in [-0.39, 0.29) is 35.8 Å². The van der Waals surface area contributed by atoms with E-state index in [0.29, 0.717) is 5.56 Å². The van der Waals surface area contributed by atoms with E-state index in [1.807, 2.05) is 6.07 Å². The molecule has 0 aliphatic rings. The highest BCUT2D eigenvalue weighted by atomic mass is 16.6. The Labute approximate surface area is 184 Å². The van der Waals surface area contributed by atoms with Gasteiger partial charge in [-0.25, -0.2) is 10.2 Å². The highest BCUT2D eigenvalue weighted by Crippen LogP contribution is 2.33. The topological polar surface area (TPSA) is 141 Å². The Kier molecular flexibility index (Phi) is 8.96. The molecular weight excluding hydrogens is 420 g/mol. The van der Waals surface area contributed by atoms with Gasteiger partial charge >= 0.3 is 6.09 Å². The Hall–Kier alpha value is -4.15. The highest BCUT2D eigenvalue weighted by molar-refractivity contribution is 5.88. The van der Waals surface area contributed by atoms with Gasteiger partial charge in [-0.05, 0) is 18.6 Å². The lowest BCUT2D eigenvalue weighted by molar-refractivity contribution is -0.385. The molecule has 11 nitrogen and oxygen atoms in total. The molecule has 2 aromatic carbocycles. The predicted octanol–water partition coefficient (Wildman–Crippen LogP) is 2.94. The zero-order valence-electron chi connectivity index (χ0n) is 17.9. The number of ether oxygens (including phenoxy) is 3. The maximum absolute atomic E-state index is 12.4. The number of nitro groups is 1. The summed E-state index contributed by atoms with van der Waals surface area (Å²) in [7, 11) is 2.76. The van der Waals surface area contributed by atoms with Gasteiger partial charge in [-0.1, -0.05) is 30.3 Å². The number of benzene rings is 2. The van der Waals surface area contributed by atoms with Crippen molar-refractivity contribution in [3.63, 3.8) is 0 Å². The summed E-state index contributed by atoms with van der Waals surface area (Å²) in [5, 5.41) is 17.8. The minimum atomic E-state index is -0.654. The second-order valence-electron chi connectivity index (χ2n) is 6.35. The van der Waals surface area contributed by atoms with Gasteiger partial charge in [0.15, 0.2) is 11.5 Å². The van der Waals surface area contributed by atoms with Gasteiger partial charge < -0.3 is 19.5 Å². The van der Waals surface area contributed by atoms with Gasteiger partial charge in [0, 0.05) is 0 Å². The van der Waals surface area contributed by atoms with E-state index < -0.39 is 23.0 Å². The van der Waals surface area contributed by atoms with Crippen molar-refractivity contribution in [2.24, 2.45) is 5.10 Å². The van der Waals surface area contributed by atoms with E-state index >= 15 is 0 Å². The van der Waals surface area contributed by atoms with Gasteiger partial charge in [0.25, 0.3) is 5.69 Å². The van der Waals surface area contributed by atoms with Crippen molar-refractivity contribution in [3.8, 4) is 11.5 Å². The number of nitrogens with zero attached hydrogens (tertiary/aromatic N) is 2. The molecule has 0 heterocycles. The van der Waals surface area contributed by atoms with Crippen LogP contribution in [-0.4, -0.2) is 44.0 Å². The Morgan fingerprint density at radius 3 is 2.41 bits per heavy atom. The van der Waals surface area contributed by atoms with E-state index in [0.717, 1.165) is 6.21 Å². The smallest absolute Gasteiger partial charge is 0.407 e. The summed E-state index contributed by atoms with van der Waals surface area (Å²) in [6, 6.07) is 10.8. The molecular formula is C21H24N4O7. The Morgan fingerprint density at radius 1 is 1.16 bits per heavy atom. The van der Waals surface area contributed by atoms with Gasteiger partial charge in [0.05, 0.1) is 56.1 Å². The van der Waals surface area contributed by atoms with E-state index in [1.165, 1.54) is 26.4 Å². The number of alkyl carbamates (subject to hydrolysis) is 1. The van der Waals surface area contributed by atoms with Crippen molar-refractivity contribution in [2.45, 2.75) is 19.4 Å². The van der Waals surface area contributed by atoms with Crippen molar-refractivity contribution in [1.82, 2.24) is 10.7 Å². The third kappa shape index (κ3) is 6.69. The average Bonchev–Trinajstić information content (AvgIpc) is 2.78. The van der Waals surface area contributed by atoms with E-state index in [9.17, 15) is 19.7 Å². The number of hydrogen-bond donors (Lipinski definition) is 2. The summed E-state index contributed by atoms with van der Waals surface area (Å²) < 4.78 is 15.1. The molecule has 11 heteroatoms. The zero-order chi connectivity index (χ0) is 23.5. The van der Waals surface area contributed by atoms with Gasteiger partial charge in [0.2, 0.25) is 5.91 Å². The standard InChI is InChI=1S/C21H24N4O7/c1-4-32-21(27)23-16(14-8-6-5-7-9-14)11-20(26)24-22-13-15-10-18(30-2)19(31-3)12-17(15)25(28)29/h5-10,12-13,16H,4,11H2,1-3H3,(H,23,27)(H,24,26)/b22-13-/t16-/m1/s1. The number of hydrazone groups is 1. The van der Waals surface area contributed by atoms with Crippen LogP contribution < -0.4 is 20.2 Å². The average molecular weight is 444 g/mol. The first kappa shape index (κ1) is 24.1. The minimum absolute atomic E-state index is 0.109. The predicted molar refractivity (Wildman–Crippen MR) is 116 cm³/mol. The molecule has 0 radical (unpaired) electrons. The largest absolute Gasteiger partial charge is 0.493 e. The number of methoxy groups -OCH3 is 2. The number of nitrogens with one attached hydrogen (secondary N) is 2. The normalized spacial score (nSPS) is 11.5. The van der Waals surface area contributed by atoms with Crippen LogP contribution >= 0.6 is 0 Å². The first-order valence-corrected chi connectivity index (χ1v) is 9.60. The molecule has 0 aliphatic heterocycles. The lowest BCUT2D eigenvalue weighted by Crippen LogP contribution is -2.33. The first-order valence-electron chi connectivity index (χ1n) is 9.60. The van der Waals surface area contributed by atoms with Gasteiger partial charge in [-0.15, -0.1) is 0 Å². The molecule has 0 fully saturated rings. The molecule has 2 N–H and O–H groups in total. The van der Waals surface area contributed by atoms with Crippen LogP contribution in [0, 0.1) is 10.1 Å². The summed E-state index contributed by atoms with van der Waals surface area (Å²) in [6.45, 7) is 1.86.